The molecule has 0 amide bonds. The maximum atomic E-state index is 13.2. The van der Waals surface area contributed by atoms with Crippen LogP contribution in [0.1, 0.15) is 26.7 Å². The zero-order valence-corrected chi connectivity index (χ0v) is 15.1. The molecule has 1 saturated heterocycles. The van der Waals surface area contributed by atoms with Crippen molar-refractivity contribution >= 4 is 28.6 Å². The number of halogens is 5. The summed E-state index contributed by atoms with van der Waals surface area (Å²) in [5.41, 5.74) is -3.24. The van der Waals surface area contributed by atoms with Gasteiger partial charge in [-0.15, -0.1) is 0 Å². The van der Waals surface area contributed by atoms with E-state index in [0.29, 0.717) is 16.6 Å². The molecule has 0 radical (unpaired) electrons. The van der Waals surface area contributed by atoms with Gasteiger partial charge in [0.1, 0.15) is 5.75 Å². The van der Waals surface area contributed by atoms with Crippen molar-refractivity contribution < 1.29 is 26.1 Å². The van der Waals surface area contributed by atoms with Crippen molar-refractivity contribution in [2.45, 2.75) is 38.1 Å². The number of hydrogen-bond donors (Lipinski definition) is 0. The second-order valence-electron chi connectivity index (χ2n) is 5.50. The van der Waals surface area contributed by atoms with Gasteiger partial charge in [0, 0.05) is 31.3 Å². The molecule has 1 aromatic heterocycles. The highest BCUT2D eigenvalue weighted by Crippen LogP contribution is 2.34. The maximum absolute atomic E-state index is 13.2. The van der Waals surface area contributed by atoms with Crippen molar-refractivity contribution in [1.82, 2.24) is 4.98 Å². The smallest absolute Gasteiger partial charge is 0.417 e. The zero-order valence-electron chi connectivity index (χ0n) is 14.3. The molecule has 0 unspecified atom stereocenters. The standard InChI is InChI=1S/C15H13F5N2OS.C2H6/c16-14(17)3-5-22(6-4-14)11-7-10-8-12(23-24-15(18,19)20)1-2-13(10)21-9-11;1-2/h1-2,7-9H,3-6H2;1-2H3. The molecule has 26 heavy (non-hydrogen) atoms. The van der Waals surface area contributed by atoms with Crippen LogP contribution in [0.2, 0.25) is 0 Å². The van der Waals surface area contributed by atoms with E-state index in [-0.39, 0.29) is 31.7 Å². The van der Waals surface area contributed by atoms with Crippen LogP contribution in [0, 0.1) is 0 Å². The molecule has 2 heterocycles. The van der Waals surface area contributed by atoms with E-state index in [9.17, 15) is 22.0 Å². The van der Waals surface area contributed by atoms with Crippen molar-refractivity contribution in [3.63, 3.8) is 0 Å². The topological polar surface area (TPSA) is 25.4 Å². The first-order chi connectivity index (χ1) is 12.2. The number of piperidine rings is 1. The predicted molar refractivity (Wildman–Crippen MR) is 93.8 cm³/mol. The first-order valence-electron chi connectivity index (χ1n) is 8.17. The number of rotatable bonds is 3. The van der Waals surface area contributed by atoms with E-state index in [4.69, 9.17) is 0 Å². The Morgan fingerprint density at radius 3 is 2.38 bits per heavy atom. The van der Waals surface area contributed by atoms with E-state index >= 15 is 0 Å². The summed E-state index contributed by atoms with van der Waals surface area (Å²) in [7, 11) is 0. The normalized spacial score (nSPS) is 16.8. The van der Waals surface area contributed by atoms with Gasteiger partial charge >= 0.3 is 5.51 Å². The van der Waals surface area contributed by atoms with E-state index in [1.807, 2.05) is 13.8 Å². The van der Waals surface area contributed by atoms with Gasteiger partial charge in [-0.1, -0.05) is 13.8 Å². The van der Waals surface area contributed by atoms with E-state index in [1.165, 1.54) is 12.1 Å². The molecule has 0 bridgehead atoms. The minimum Gasteiger partial charge on any atom is -0.417 e. The van der Waals surface area contributed by atoms with E-state index in [1.54, 1.807) is 23.2 Å². The predicted octanol–water partition coefficient (Wildman–Crippen LogP) is 6.04. The average molecular weight is 394 g/mol. The number of pyridine rings is 1. The Kier molecular flexibility index (Phi) is 6.54. The van der Waals surface area contributed by atoms with Gasteiger partial charge in [0.15, 0.2) is 12.0 Å². The summed E-state index contributed by atoms with van der Waals surface area (Å²) in [5.74, 6) is -2.59. The molecular weight excluding hydrogens is 375 g/mol. The van der Waals surface area contributed by atoms with Crippen LogP contribution in [-0.4, -0.2) is 29.5 Å². The Morgan fingerprint density at radius 1 is 1.12 bits per heavy atom. The molecule has 9 heteroatoms. The Bertz CT molecular complexity index is 729. The third kappa shape index (κ3) is 5.62. The second kappa shape index (κ2) is 8.28. The molecule has 3 nitrogen and oxygen atoms in total. The minimum absolute atomic E-state index is 0.0500. The van der Waals surface area contributed by atoms with Gasteiger partial charge in [-0.05, 0) is 24.3 Å². The van der Waals surface area contributed by atoms with Crippen LogP contribution in [0.25, 0.3) is 10.9 Å². The molecule has 0 aliphatic carbocycles. The SMILES string of the molecule is CC.FC1(F)CCN(c2cnc3ccc(OSC(F)(F)F)cc3c2)CC1. The largest absolute Gasteiger partial charge is 0.479 e. The Balaban J connectivity index is 0.00000117. The monoisotopic (exact) mass is 394 g/mol. The Labute approximate surface area is 152 Å². The van der Waals surface area contributed by atoms with Crippen molar-refractivity contribution in [1.29, 1.82) is 0 Å². The minimum atomic E-state index is -4.49. The summed E-state index contributed by atoms with van der Waals surface area (Å²) in [6, 6.07) is 6.12. The fourth-order valence-corrected chi connectivity index (χ4v) is 2.80. The molecule has 1 aliphatic rings. The van der Waals surface area contributed by atoms with Gasteiger partial charge in [-0.25, -0.2) is 8.78 Å². The van der Waals surface area contributed by atoms with Gasteiger partial charge < -0.3 is 9.08 Å². The van der Waals surface area contributed by atoms with Crippen LogP contribution in [-0.2, 0) is 0 Å². The first-order valence-corrected chi connectivity index (χ1v) is 8.91. The van der Waals surface area contributed by atoms with Crippen molar-refractivity contribution in [2.24, 2.45) is 0 Å². The Morgan fingerprint density at radius 2 is 1.77 bits per heavy atom. The molecule has 0 spiro atoms. The summed E-state index contributed by atoms with van der Waals surface area (Å²) in [6.45, 7) is 4.42. The maximum Gasteiger partial charge on any atom is 0.479 e. The summed E-state index contributed by atoms with van der Waals surface area (Å²) < 4.78 is 67.6. The highest BCUT2D eigenvalue weighted by atomic mass is 32.2. The van der Waals surface area contributed by atoms with Gasteiger partial charge in [-0.2, -0.15) is 13.2 Å². The Hall–Kier alpha value is -1.77. The lowest BCUT2D eigenvalue weighted by Crippen LogP contribution is -2.39. The van der Waals surface area contributed by atoms with E-state index < -0.39 is 23.5 Å². The molecule has 0 N–H and O–H groups in total. The van der Waals surface area contributed by atoms with Gasteiger partial charge in [0.2, 0.25) is 0 Å². The molecule has 144 valence electrons. The quantitative estimate of drug-likeness (QED) is 0.468. The third-order valence-electron chi connectivity index (χ3n) is 3.73. The van der Waals surface area contributed by atoms with Crippen LogP contribution in [0.5, 0.6) is 5.75 Å². The van der Waals surface area contributed by atoms with Crippen molar-refractivity contribution in [3.05, 3.63) is 30.5 Å². The van der Waals surface area contributed by atoms with Crippen molar-refractivity contribution in [2.75, 3.05) is 18.0 Å². The van der Waals surface area contributed by atoms with E-state index in [0.717, 1.165) is 0 Å². The second-order valence-corrected chi connectivity index (χ2v) is 6.30. The number of hydrogen-bond acceptors (Lipinski definition) is 4. The molecule has 0 atom stereocenters. The fraction of sp³-hybridized carbons (Fsp3) is 0.471. The first kappa shape index (κ1) is 20.5. The third-order valence-corrected chi connectivity index (χ3v) is 4.20. The number of alkyl halides is 5. The lowest BCUT2D eigenvalue weighted by molar-refractivity contribution is -0.0370. The number of aromatic nitrogens is 1. The summed E-state index contributed by atoms with van der Waals surface area (Å²) in [4.78, 5) is 6.02. The lowest BCUT2D eigenvalue weighted by atomic mass is 10.1. The summed E-state index contributed by atoms with van der Waals surface area (Å²) in [5, 5.41) is 0.588. The van der Waals surface area contributed by atoms with Gasteiger partial charge in [-0.3, -0.25) is 4.98 Å². The molecule has 0 saturated carbocycles. The van der Waals surface area contributed by atoms with Crippen LogP contribution < -0.4 is 9.08 Å². The number of fused-ring (bicyclic) bond motifs is 1. The van der Waals surface area contributed by atoms with Crippen molar-refractivity contribution in [3.8, 4) is 5.75 Å². The molecule has 1 fully saturated rings. The highest BCUT2D eigenvalue weighted by Gasteiger charge is 2.34. The van der Waals surface area contributed by atoms with Crippen LogP contribution in [0.3, 0.4) is 0 Å². The number of benzene rings is 1. The van der Waals surface area contributed by atoms with Crippen LogP contribution in [0.4, 0.5) is 27.6 Å². The van der Waals surface area contributed by atoms with E-state index in [2.05, 4.69) is 9.17 Å². The molecule has 1 aliphatic heterocycles. The summed E-state index contributed by atoms with van der Waals surface area (Å²) >= 11 is -0.587. The highest BCUT2D eigenvalue weighted by molar-refractivity contribution is 7.95. The molecule has 1 aromatic carbocycles. The van der Waals surface area contributed by atoms with Crippen LogP contribution >= 0.6 is 12.0 Å². The number of anilines is 1. The number of nitrogens with zero attached hydrogens (tertiary/aromatic N) is 2. The molecule has 2 aromatic rings. The van der Waals surface area contributed by atoms with Crippen LogP contribution in [0.15, 0.2) is 30.5 Å². The lowest BCUT2D eigenvalue weighted by Gasteiger charge is -2.33. The fourth-order valence-electron chi connectivity index (χ4n) is 2.51. The molecular formula is C17H19F5N2OS. The average Bonchev–Trinajstić information content (AvgIpc) is 2.60. The summed E-state index contributed by atoms with van der Waals surface area (Å²) in [6.07, 6.45) is 1.13. The van der Waals surface area contributed by atoms with Gasteiger partial charge in [0.05, 0.1) is 17.4 Å². The van der Waals surface area contributed by atoms with Gasteiger partial charge in [0.25, 0.3) is 5.92 Å². The molecule has 3 rings (SSSR count). The zero-order chi connectivity index (χ0) is 19.4.